The molecule has 1 rings (SSSR count). The Kier molecular flexibility index (Phi) is 6.43. The molecule has 19 heavy (non-hydrogen) atoms. The molecular weight excluding hydrogens is 234 g/mol. The molecule has 0 aliphatic rings. The third-order valence-corrected chi connectivity index (χ3v) is 3.18. The van der Waals surface area contributed by atoms with Crippen molar-refractivity contribution in [2.75, 3.05) is 6.54 Å². The molecule has 0 radical (unpaired) electrons. The fraction of sp³-hybridized carbons (Fsp3) is 0.750. The van der Waals surface area contributed by atoms with E-state index in [2.05, 4.69) is 49.9 Å². The van der Waals surface area contributed by atoms with Crippen LogP contribution in [0.5, 0.6) is 0 Å². The Balaban J connectivity index is 2.65. The first-order valence-corrected chi connectivity index (χ1v) is 7.41. The highest BCUT2D eigenvalue weighted by atomic mass is 14.9. The van der Waals surface area contributed by atoms with Crippen molar-refractivity contribution in [2.24, 2.45) is 11.3 Å². The van der Waals surface area contributed by atoms with E-state index in [1.807, 2.05) is 6.20 Å². The van der Waals surface area contributed by atoms with Gasteiger partial charge >= 0.3 is 0 Å². The predicted octanol–water partition coefficient (Wildman–Crippen LogP) is 3.98. The predicted molar refractivity (Wildman–Crippen MR) is 80.9 cm³/mol. The van der Waals surface area contributed by atoms with Crippen LogP contribution in [0.15, 0.2) is 18.6 Å². The van der Waals surface area contributed by atoms with Crippen LogP contribution in [0.4, 0.5) is 0 Å². The largest absolute Gasteiger partial charge is 0.309 e. The van der Waals surface area contributed by atoms with E-state index in [0.29, 0.717) is 17.4 Å². The minimum atomic E-state index is 0.325. The highest BCUT2D eigenvalue weighted by Crippen LogP contribution is 2.29. The van der Waals surface area contributed by atoms with Crippen molar-refractivity contribution in [3.8, 4) is 0 Å². The molecule has 0 spiro atoms. The molecule has 1 aromatic rings. The molecular formula is C16H29N3. The molecule has 3 heteroatoms. The zero-order valence-corrected chi connectivity index (χ0v) is 13.1. The molecule has 0 saturated carbocycles. The van der Waals surface area contributed by atoms with E-state index < -0.39 is 0 Å². The van der Waals surface area contributed by atoms with E-state index >= 15 is 0 Å². The quantitative estimate of drug-likeness (QED) is 0.808. The third-order valence-electron chi connectivity index (χ3n) is 3.18. The monoisotopic (exact) mass is 263 g/mol. The van der Waals surface area contributed by atoms with E-state index in [9.17, 15) is 0 Å². The molecule has 0 fully saturated rings. The molecule has 108 valence electrons. The molecule has 1 N–H and O–H groups in total. The fourth-order valence-corrected chi connectivity index (χ4v) is 2.65. The molecule has 0 amide bonds. The number of hydrogen-bond donors (Lipinski definition) is 1. The standard InChI is InChI=1S/C16H29N3/c1-6-7-18-14(15-12-17-8-9-19-15)10-13(2)11-16(3,4)5/h8-9,12-14,18H,6-7,10-11H2,1-5H3. The van der Waals surface area contributed by atoms with Crippen LogP contribution in [0, 0.1) is 11.3 Å². The van der Waals surface area contributed by atoms with Gasteiger partial charge in [-0.3, -0.25) is 9.97 Å². The summed E-state index contributed by atoms with van der Waals surface area (Å²) in [6.07, 6.45) is 8.90. The second kappa shape index (κ2) is 7.59. The van der Waals surface area contributed by atoms with Crippen molar-refractivity contribution in [2.45, 2.75) is 59.9 Å². The molecule has 0 bridgehead atoms. The molecule has 1 heterocycles. The van der Waals surface area contributed by atoms with Crippen molar-refractivity contribution < 1.29 is 0 Å². The molecule has 1 aromatic heterocycles. The number of aromatic nitrogens is 2. The normalized spacial score (nSPS) is 15.2. The number of nitrogens with one attached hydrogen (secondary N) is 1. The lowest BCUT2D eigenvalue weighted by atomic mass is 9.82. The summed E-state index contributed by atoms with van der Waals surface area (Å²) in [5.74, 6) is 0.677. The van der Waals surface area contributed by atoms with Crippen molar-refractivity contribution in [3.05, 3.63) is 24.3 Å². The van der Waals surface area contributed by atoms with Crippen LogP contribution in [0.1, 0.15) is 65.6 Å². The van der Waals surface area contributed by atoms with E-state index in [1.54, 1.807) is 12.4 Å². The number of rotatable bonds is 7. The van der Waals surface area contributed by atoms with Gasteiger partial charge in [0.15, 0.2) is 0 Å². The Bertz CT molecular complexity index is 343. The van der Waals surface area contributed by atoms with E-state index in [4.69, 9.17) is 0 Å². The summed E-state index contributed by atoms with van der Waals surface area (Å²) in [4.78, 5) is 8.65. The average molecular weight is 263 g/mol. The van der Waals surface area contributed by atoms with E-state index in [1.165, 1.54) is 6.42 Å². The smallest absolute Gasteiger partial charge is 0.0756 e. The van der Waals surface area contributed by atoms with Gasteiger partial charge in [-0.15, -0.1) is 0 Å². The number of hydrogen-bond acceptors (Lipinski definition) is 3. The third kappa shape index (κ3) is 6.67. The Hall–Kier alpha value is -0.960. The van der Waals surface area contributed by atoms with Crippen LogP contribution in [-0.4, -0.2) is 16.5 Å². The lowest BCUT2D eigenvalue weighted by molar-refractivity contribution is 0.274. The van der Waals surface area contributed by atoms with Crippen LogP contribution in [0.3, 0.4) is 0 Å². The highest BCUT2D eigenvalue weighted by Gasteiger charge is 2.20. The Labute approximate surface area is 118 Å². The van der Waals surface area contributed by atoms with Gasteiger partial charge < -0.3 is 5.32 Å². The second-order valence-corrected chi connectivity index (χ2v) is 6.74. The van der Waals surface area contributed by atoms with Gasteiger partial charge in [-0.05, 0) is 37.1 Å². The zero-order chi connectivity index (χ0) is 14.3. The Morgan fingerprint density at radius 2 is 2.00 bits per heavy atom. The first-order valence-electron chi connectivity index (χ1n) is 7.41. The molecule has 3 nitrogen and oxygen atoms in total. The van der Waals surface area contributed by atoms with Crippen LogP contribution in [-0.2, 0) is 0 Å². The Morgan fingerprint density at radius 3 is 2.53 bits per heavy atom. The van der Waals surface area contributed by atoms with Gasteiger partial charge in [0, 0.05) is 18.6 Å². The summed E-state index contributed by atoms with van der Waals surface area (Å²) in [7, 11) is 0. The summed E-state index contributed by atoms with van der Waals surface area (Å²) in [6, 6.07) is 0.325. The summed E-state index contributed by atoms with van der Waals surface area (Å²) in [6.45, 7) is 12.5. The van der Waals surface area contributed by atoms with Crippen LogP contribution in [0.2, 0.25) is 0 Å². The van der Waals surface area contributed by atoms with Gasteiger partial charge in [0.25, 0.3) is 0 Å². The maximum absolute atomic E-state index is 4.46. The van der Waals surface area contributed by atoms with Crippen molar-refractivity contribution in [1.29, 1.82) is 0 Å². The maximum atomic E-state index is 4.46. The van der Waals surface area contributed by atoms with Gasteiger partial charge in [-0.1, -0.05) is 34.6 Å². The number of nitrogens with zero attached hydrogens (tertiary/aromatic N) is 2. The fourth-order valence-electron chi connectivity index (χ4n) is 2.65. The summed E-state index contributed by atoms with van der Waals surface area (Å²) in [5.41, 5.74) is 1.45. The topological polar surface area (TPSA) is 37.8 Å². The van der Waals surface area contributed by atoms with E-state index in [0.717, 1.165) is 25.1 Å². The summed E-state index contributed by atoms with van der Waals surface area (Å²) in [5, 5.41) is 3.60. The van der Waals surface area contributed by atoms with Crippen LogP contribution < -0.4 is 5.32 Å². The molecule has 2 atom stereocenters. The lowest BCUT2D eigenvalue weighted by Crippen LogP contribution is -2.26. The van der Waals surface area contributed by atoms with Gasteiger partial charge in [-0.2, -0.15) is 0 Å². The van der Waals surface area contributed by atoms with Gasteiger partial charge in [0.2, 0.25) is 0 Å². The van der Waals surface area contributed by atoms with Crippen molar-refractivity contribution in [1.82, 2.24) is 15.3 Å². The van der Waals surface area contributed by atoms with Gasteiger partial charge in [0.05, 0.1) is 11.7 Å². The van der Waals surface area contributed by atoms with Crippen molar-refractivity contribution in [3.63, 3.8) is 0 Å². The first kappa shape index (κ1) is 16.1. The van der Waals surface area contributed by atoms with Crippen molar-refractivity contribution >= 4 is 0 Å². The molecule has 0 saturated heterocycles. The highest BCUT2D eigenvalue weighted by molar-refractivity contribution is 5.02. The maximum Gasteiger partial charge on any atom is 0.0756 e. The summed E-state index contributed by atoms with van der Waals surface area (Å²) < 4.78 is 0. The lowest BCUT2D eigenvalue weighted by Gasteiger charge is -2.27. The second-order valence-electron chi connectivity index (χ2n) is 6.74. The van der Waals surface area contributed by atoms with Gasteiger partial charge in [0.1, 0.15) is 0 Å². The first-order chi connectivity index (χ1) is 8.92. The minimum absolute atomic E-state index is 0.325. The van der Waals surface area contributed by atoms with E-state index in [-0.39, 0.29) is 0 Å². The summed E-state index contributed by atoms with van der Waals surface area (Å²) >= 11 is 0. The van der Waals surface area contributed by atoms with Crippen LogP contribution >= 0.6 is 0 Å². The molecule has 2 unspecified atom stereocenters. The molecule has 0 aliphatic heterocycles. The molecule has 0 aliphatic carbocycles. The van der Waals surface area contributed by atoms with Crippen LogP contribution in [0.25, 0.3) is 0 Å². The zero-order valence-electron chi connectivity index (χ0n) is 13.1. The average Bonchev–Trinajstić information content (AvgIpc) is 2.33. The SMILES string of the molecule is CCCNC(CC(C)CC(C)(C)C)c1cnccn1. The molecule has 0 aromatic carbocycles. The Morgan fingerprint density at radius 1 is 1.26 bits per heavy atom. The van der Waals surface area contributed by atoms with Gasteiger partial charge in [-0.25, -0.2) is 0 Å². The minimum Gasteiger partial charge on any atom is -0.309 e.